The second-order valence-electron chi connectivity index (χ2n) is 4.08. The molecule has 1 aromatic carbocycles. The van der Waals surface area contributed by atoms with Crippen molar-refractivity contribution >= 4 is 27.5 Å². The molecular weight excluding hydrogens is 292 g/mol. The average Bonchev–Trinajstić information content (AvgIpc) is 2.97. The van der Waals surface area contributed by atoms with E-state index < -0.39 is 5.97 Å². The van der Waals surface area contributed by atoms with Crippen molar-refractivity contribution in [3.63, 3.8) is 0 Å². The zero-order chi connectivity index (χ0) is 14.8. The van der Waals surface area contributed by atoms with Gasteiger partial charge in [-0.3, -0.25) is 0 Å². The zero-order valence-corrected chi connectivity index (χ0v) is 11.8. The molecule has 0 aliphatic heterocycles. The van der Waals surface area contributed by atoms with Gasteiger partial charge in [-0.2, -0.15) is 0 Å². The van der Waals surface area contributed by atoms with Crippen LogP contribution in [0.4, 0.5) is 0 Å². The lowest BCUT2D eigenvalue weighted by atomic mass is 10.2. The Balaban J connectivity index is 2.05. The number of thiophene rings is 1. The molecule has 2 aromatic heterocycles. The first-order chi connectivity index (χ1) is 10.2. The summed E-state index contributed by atoms with van der Waals surface area (Å²) in [5.74, 6) is -0.108. The third-order valence-electron chi connectivity index (χ3n) is 2.83. The topological polar surface area (TPSA) is 81.5 Å². The summed E-state index contributed by atoms with van der Waals surface area (Å²) in [6, 6.07) is 6.43. The molecule has 0 aliphatic carbocycles. The fraction of sp³-hybridized carbons (Fsp3) is 0.0714. The predicted molar refractivity (Wildman–Crippen MR) is 77.4 cm³/mol. The Kier molecular flexibility index (Phi) is 3.41. The highest BCUT2D eigenvalue weighted by Crippen LogP contribution is 2.33. The van der Waals surface area contributed by atoms with Crippen molar-refractivity contribution in [1.82, 2.24) is 9.97 Å². The van der Waals surface area contributed by atoms with E-state index in [1.54, 1.807) is 12.1 Å². The van der Waals surface area contributed by atoms with Gasteiger partial charge in [-0.15, -0.1) is 11.3 Å². The molecule has 0 saturated carbocycles. The number of benzene rings is 1. The molecule has 106 valence electrons. The van der Waals surface area contributed by atoms with Crippen LogP contribution in [0.1, 0.15) is 10.4 Å². The molecule has 21 heavy (non-hydrogen) atoms. The first-order valence-corrected chi connectivity index (χ1v) is 6.84. The Labute approximate surface area is 123 Å². The molecule has 0 bridgehead atoms. The van der Waals surface area contributed by atoms with Crippen molar-refractivity contribution < 1.29 is 19.4 Å². The van der Waals surface area contributed by atoms with Crippen molar-refractivity contribution in [1.29, 1.82) is 0 Å². The van der Waals surface area contributed by atoms with Gasteiger partial charge in [0.25, 0.3) is 0 Å². The van der Waals surface area contributed by atoms with E-state index in [0.29, 0.717) is 11.6 Å². The van der Waals surface area contributed by atoms with Gasteiger partial charge < -0.3 is 14.6 Å². The molecule has 0 unspecified atom stereocenters. The minimum absolute atomic E-state index is 0.0117. The van der Waals surface area contributed by atoms with Crippen LogP contribution in [-0.2, 0) is 0 Å². The maximum absolute atomic E-state index is 11.3. The maximum Gasteiger partial charge on any atom is 0.339 e. The van der Waals surface area contributed by atoms with Gasteiger partial charge in [0.1, 0.15) is 28.1 Å². The first-order valence-electron chi connectivity index (χ1n) is 5.96. The van der Waals surface area contributed by atoms with E-state index in [0.717, 1.165) is 10.2 Å². The number of methoxy groups -OCH3 is 1. The summed E-state index contributed by atoms with van der Waals surface area (Å²) in [6.45, 7) is 0. The lowest BCUT2D eigenvalue weighted by Crippen LogP contribution is -2.01. The van der Waals surface area contributed by atoms with Crippen LogP contribution in [0.3, 0.4) is 0 Å². The van der Waals surface area contributed by atoms with Crippen LogP contribution in [0.15, 0.2) is 36.0 Å². The molecule has 7 heteroatoms. The number of aromatic carboxylic acids is 1. The highest BCUT2D eigenvalue weighted by atomic mass is 32.1. The maximum atomic E-state index is 11.3. The summed E-state index contributed by atoms with van der Waals surface area (Å²) in [7, 11) is 1.47. The highest BCUT2D eigenvalue weighted by Gasteiger charge is 2.16. The molecule has 2 heterocycles. The minimum atomic E-state index is -1.10. The molecule has 0 aliphatic rings. The first kappa shape index (κ1) is 13.3. The fourth-order valence-electron chi connectivity index (χ4n) is 1.84. The number of aromatic nitrogens is 2. The van der Waals surface area contributed by atoms with Gasteiger partial charge in [0.15, 0.2) is 0 Å². The lowest BCUT2D eigenvalue weighted by molar-refractivity contribution is 0.0693. The van der Waals surface area contributed by atoms with Crippen molar-refractivity contribution in [2.24, 2.45) is 0 Å². The Morgan fingerprint density at radius 3 is 2.90 bits per heavy atom. The Bertz CT molecular complexity index is 816. The van der Waals surface area contributed by atoms with E-state index in [4.69, 9.17) is 9.47 Å². The summed E-state index contributed by atoms with van der Waals surface area (Å²) >= 11 is 1.43. The summed E-state index contributed by atoms with van der Waals surface area (Å²) in [5, 5.41) is 11.1. The molecule has 0 amide bonds. The fourth-order valence-corrected chi connectivity index (χ4v) is 2.61. The summed E-state index contributed by atoms with van der Waals surface area (Å²) < 4.78 is 11.5. The monoisotopic (exact) mass is 302 g/mol. The standard InChI is InChI=1S/C14H10N2O4S/c1-19-8-2-3-11(9(6-8)14(17)18)20-13-12-10(4-5-21-12)15-7-16-13/h2-7H,1H3,(H,17,18). The van der Waals surface area contributed by atoms with Crippen molar-refractivity contribution in [3.8, 4) is 17.4 Å². The molecule has 0 fully saturated rings. The van der Waals surface area contributed by atoms with Crippen molar-refractivity contribution in [2.45, 2.75) is 0 Å². The van der Waals surface area contributed by atoms with Gasteiger partial charge in [0.05, 0.1) is 12.6 Å². The third-order valence-corrected chi connectivity index (χ3v) is 3.73. The van der Waals surface area contributed by atoms with Crippen LogP contribution in [-0.4, -0.2) is 28.2 Å². The van der Waals surface area contributed by atoms with Gasteiger partial charge in [-0.1, -0.05) is 0 Å². The molecule has 0 saturated heterocycles. The van der Waals surface area contributed by atoms with E-state index in [1.165, 1.54) is 30.8 Å². The van der Waals surface area contributed by atoms with Gasteiger partial charge >= 0.3 is 5.97 Å². The van der Waals surface area contributed by atoms with E-state index >= 15 is 0 Å². The van der Waals surface area contributed by atoms with E-state index in [9.17, 15) is 9.90 Å². The zero-order valence-electron chi connectivity index (χ0n) is 10.9. The van der Waals surface area contributed by atoms with E-state index in [1.807, 2.05) is 11.4 Å². The second-order valence-corrected chi connectivity index (χ2v) is 5.00. The van der Waals surface area contributed by atoms with Crippen LogP contribution in [0, 0.1) is 0 Å². The van der Waals surface area contributed by atoms with Crippen LogP contribution in [0.2, 0.25) is 0 Å². The number of rotatable bonds is 4. The third kappa shape index (κ3) is 2.50. The second kappa shape index (κ2) is 5.37. The molecule has 6 nitrogen and oxygen atoms in total. The smallest absolute Gasteiger partial charge is 0.339 e. The number of ether oxygens (including phenoxy) is 2. The Hall–Kier alpha value is -2.67. The summed E-state index contributed by atoms with van der Waals surface area (Å²) in [5.41, 5.74) is 0.771. The number of hydrogen-bond acceptors (Lipinski definition) is 6. The molecule has 0 atom stereocenters. The number of carbonyl (C=O) groups is 1. The molecule has 0 radical (unpaired) electrons. The molecule has 3 rings (SSSR count). The van der Waals surface area contributed by atoms with E-state index in [-0.39, 0.29) is 11.3 Å². The Morgan fingerprint density at radius 1 is 1.29 bits per heavy atom. The predicted octanol–water partition coefficient (Wildman–Crippen LogP) is 3.19. The lowest BCUT2D eigenvalue weighted by Gasteiger charge is -2.09. The van der Waals surface area contributed by atoms with Gasteiger partial charge in [-0.05, 0) is 29.6 Å². The van der Waals surface area contributed by atoms with Crippen LogP contribution in [0.25, 0.3) is 10.2 Å². The van der Waals surface area contributed by atoms with Crippen molar-refractivity contribution in [2.75, 3.05) is 7.11 Å². The Morgan fingerprint density at radius 2 is 2.14 bits per heavy atom. The number of carboxylic acids is 1. The van der Waals surface area contributed by atoms with Crippen molar-refractivity contribution in [3.05, 3.63) is 41.5 Å². The number of nitrogens with zero attached hydrogens (tertiary/aromatic N) is 2. The average molecular weight is 302 g/mol. The molecule has 0 spiro atoms. The highest BCUT2D eigenvalue weighted by molar-refractivity contribution is 7.17. The number of fused-ring (bicyclic) bond motifs is 1. The van der Waals surface area contributed by atoms with Crippen LogP contribution in [0.5, 0.6) is 17.4 Å². The van der Waals surface area contributed by atoms with Crippen LogP contribution >= 0.6 is 11.3 Å². The molecular formula is C14H10N2O4S. The van der Waals surface area contributed by atoms with Crippen LogP contribution < -0.4 is 9.47 Å². The largest absolute Gasteiger partial charge is 0.497 e. The summed E-state index contributed by atoms with van der Waals surface area (Å²) in [6.07, 6.45) is 1.38. The van der Waals surface area contributed by atoms with Gasteiger partial charge in [-0.25, -0.2) is 14.8 Å². The minimum Gasteiger partial charge on any atom is -0.497 e. The molecule has 3 aromatic rings. The number of carboxylic acid groups (broad SMARTS) is 1. The van der Waals surface area contributed by atoms with Gasteiger partial charge in [0, 0.05) is 0 Å². The summed E-state index contributed by atoms with van der Waals surface area (Å²) in [4.78, 5) is 19.5. The number of hydrogen-bond donors (Lipinski definition) is 1. The SMILES string of the molecule is COc1ccc(Oc2ncnc3ccsc23)c(C(=O)O)c1. The quantitative estimate of drug-likeness (QED) is 0.797. The van der Waals surface area contributed by atoms with E-state index in [2.05, 4.69) is 9.97 Å². The van der Waals surface area contributed by atoms with Gasteiger partial charge in [0.2, 0.25) is 5.88 Å². The normalized spacial score (nSPS) is 10.5. The molecule has 1 N–H and O–H groups in total.